The molecule has 0 aromatic heterocycles. The Bertz CT molecular complexity index is 383. The minimum Gasteiger partial charge on any atom is -0.357 e. The highest BCUT2D eigenvalue weighted by molar-refractivity contribution is 5.81. The highest BCUT2D eigenvalue weighted by atomic mass is 19.1. The molecule has 1 unspecified atom stereocenters. The van der Waals surface area contributed by atoms with E-state index in [9.17, 15) is 8.78 Å². The van der Waals surface area contributed by atoms with Gasteiger partial charge in [-0.05, 0) is 24.1 Å². The number of hydrogen-bond acceptors (Lipinski definition) is 1. The van der Waals surface area contributed by atoms with Crippen LogP contribution in [0.2, 0.25) is 0 Å². The molecule has 0 bridgehead atoms. The van der Waals surface area contributed by atoms with Crippen LogP contribution in [0.5, 0.6) is 0 Å². The molecule has 80 valence electrons. The summed E-state index contributed by atoms with van der Waals surface area (Å²) in [6, 6.07) is 3.47. The molecule has 0 amide bonds. The highest BCUT2D eigenvalue weighted by Crippen LogP contribution is 2.31. The maximum absolute atomic E-state index is 13.0. The van der Waals surface area contributed by atoms with Gasteiger partial charge in [-0.15, -0.1) is 0 Å². The summed E-state index contributed by atoms with van der Waals surface area (Å²) in [6.07, 6.45) is 1.41. The Labute approximate surface area is 87.0 Å². The van der Waals surface area contributed by atoms with Gasteiger partial charge in [0.25, 0.3) is 0 Å². The molecule has 1 aliphatic heterocycles. The third kappa shape index (κ3) is 1.84. The molecule has 4 heteroatoms. The van der Waals surface area contributed by atoms with Crippen molar-refractivity contribution in [3.05, 3.63) is 35.4 Å². The van der Waals surface area contributed by atoms with Crippen molar-refractivity contribution in [2.75, 3.05) is 7.05 Å². The molecule has 15 heavy (non-hydrogen) atoms. The van der Waals surface area contributed by atoms with Crippen LogP contribution in [0.4, 0.5) is 8.78 Å². The van der Waals surface area contributed by atoms with E-state index < -0.39 is 11.6 Å². The Morgan fingerprint density at radius 3 is 2.33 bits per heavy atom. The van der Waals surface area contributed by atoms with Crippen LogP contribution in [0.1, 0.15) is 24.4 Å². The molecule has 1 fully saturated rings. The van der Waals surface area contributed by atoms with Crippen LogP contribution in [0, 0.1) is 17.0 Å². The zero-order valence-electron chi connectivity index (χ0n) is 8.43. The maximum atomic E-state index is 13.0. The molecule has 0 radical (unpaired) electrons. The van der Waals surface area contributed by atoms with Crippen LogP contribution < -0.4 is 0 Å². The zero-order valence-corrected chi connectivity index (χ0v) is 8.43. The topological polar surface area (TPSA) is 27.1 Å². The first-order valence-electron chi connectivity index (χ1n) is 4.84. The van der Waals surface area contributed by atoms with E-state index in [0.29, 0.717) is 17.8 Å². The molecule has 2 nitrogen and oxygen atoms in total. The lowest BCUT2D eigenvalue weighted by atomic mass is 10.0. The van der Waals surface area contributed by atoms with Crippen molar-refractivity contribution < 1.29 is 8.78 Å². The average molecular weight is 210 g/mol. The van der Waals surface area contributed by atoms with E-state index >= 15 is 0 Å². The van der Waals surface area contributed by atoms with Gasteiger partial charge in [0.15, 0.2) is 0 Å². The Morgan fingerprint density at radius 2 is 1.87 bits per heavy atom. The number of nitrogens with one attached hydrogen (secondary N) is 1. The Balaban J connectivity index is 2.33. The lowest BCUT2D eigenvalue weighted by Crippen LogP contribution is -2.22. The number of likely N-dealkylation sites (tertiary alicyclic amines) is 1. The third-order valence-corrected chi connectivity index (χ3v) is 2.82. The van der Waals surface area contributed by atoms with E-state index in [1.807, 2.05) is 0 Å². The summed E-state index contributed by atoms with van der Waals surface area (Å²) >= 11 is 0. The molecule has 1 atom stereocenters. The lowest BCUT2D eigenvalue weighted by molar-refractivity contribution is 0.402. The second kappa shape index (κ2) is 3.61. The van der Waals surface area contributed by atoms with Crippen LogP contribution in [0.3, 0.4) is 0 Å². The molecule has 1 aliphatic rings. The van der Waals surface area contributed by atoms with Crippen LogP contribution in [-0.4, -0.2) is 17.8 Å². The molecule has 0 spiro atoms. The largest absolute Gasteiger partial charge is 0.357 e. The quantitative estimate of drug-likeness (QED) is 0.758. The average Bonchev–Trinajstić information content (AvgIpc) is 2.46. The van der Waals surface area contributed by atoms with Crippen LogP contribution in [-0.2, 0) is 0 Å². The molecule has 1 aromatic carbocycles. The smallest absolute Gasteiger partial charge is 0.126 e. The summed E-state index contributed by atoms with van der Waals surface area (Å²) in [5.74, 6) is -0.599. The Morgan fingerprint density at radius 1 is 1.27 bits per heavy atom. The van der Waals surface area contributed by atoms with E-state index in [4.69, 9.17) is 5.41 Å². The van der Waals surface area contributed by atoms with Gasteiger partial charge in [0.2, 0.25) is 0 Å². The summed E-state index contributed by atoms with van der Waals surface area (Å²) in [6.45, 7) is 0. The first-order valence-corrected chi connectivity index (χ1v) is 4.84. The van der Waals surface area contributed by atoms with Crippen molar-refractivity contribution in [1.29, 1.82) is 5.41 Å². The molecule has 0 saturated carbocycles. The maximum Gasteiger partial charge on any atom is 0.126 e. The summed E-state index contributed by atoms with van der Waals surface area (Å²) in [5, 5.41) is 7.58. The number of hydrogen-bond donors (Lipinski definition) is 1. The van der Waals surface area contributed by atoms with E-state index in [1.165, 1.54) is 12.1 Å². The van der Waals surface area contributed by atoms with Crippen molar-refractivity contribution in [3.63, 3.8) is 0 Å². The van der Waals surface area contributed by atoms with E-state index in [1.54, 1.807) is 11.9 Å². The fourth-order valence-corrected chi connectivity index (χ4v) is 1.99. The highest BCUT2D eigenvalue weighted by Gasteiger charge is 2.26. The van der Waals surface area contributed by atoms with E-state index in [0.717, 1.165) is 12.5 Å². The van der Waals surface area contributed by atoms with Gasteiger partial charge in [0.1, 0.15) is 11.6 Å². The summed E-state index contributed by atoms with van der Waals surface area (Å²) in [4.78, 5) is 1.76. The predicted octanol–water partition coefficient (Wildman–Crippen LogP) is 2.71. The number of rotatable bonds is 1. The first kappa shape index (κ1) is 10.1. The van der Waals surface area contributed by atoms with Gasteiger partial charge in [-0.25, -0.2) is 8.78 Å². The minimum atomic E-state index is -0.558. The van der Waals surface area contributed by atoms with Gasteiger partial charge in [-0.2, -0.15) is 0 Å². The molecule has 1 heterocycles. The van der Waals surface area contributed by atoms with Crippen molar-refractivity contribution in [2.24, 2.45) is 0 Å². The predicted molar refractivity (Wildman–Crippen MR) is 53.8 cm³/mol. The number of benzene rings is 1. The number of nitrogens with zero attached hydrogens (tertiary/aromatic N) is 1. The molecule has 0 aliphatic carbocycles. The molecular formula is C11H12F2N2. The van der Waals surface area contributed by atoms with Crippen LogP contribution in [0.15, 0.2) is 18.2 Å². The Hall–Kier alpha value is -1.45. The number of amidine groups is 1. The standard InChI is InChI=1S/C11H12F2N2/c1-15-10(2-3-11(15)14)7-4-8(12)6-9(13)5-7/h4-6,10,14H,2-3H2,1H3. The molecule has 1 aromatic rings. The van der Waals surface area contributed by atoms with Gasteiger partial charge in [-0.3, -0.25) is 5.41 Å². The van der Waals surface area contributed by atoms with E-state index in [2.05, 4.69) is 0 Å². The molecule has 2 rings (SSSR count). The van der Waals surface area contributed by atoms with E-state index in [-0.39, 0.29) is 6.04 Å². The van der Waals surface area contributed by atoms with Crippen molar-refractivity contribution >= 4 is 5.84 Å². The SMILES string of the molecule is CN1C(=N)CCC1c1cc(F)cc(F)c1. The number of halogens is 2. The van der Waals surface area contributed by atoms with Gasteiger partial charge in [0, 0.05) is 19.5 Å². The summed E-state index contributed by atoms with van der Waals surface area (Å²) < 4.78 is 26.0. The molecule has 1 N–H and O–H groups in total. The van der Waals surface area contributed by atoms with Crippen LogP contribution >= 0.6 is 0 Å². The van der Waals surface area contributed by atoms with Gasteiger partial charge in [-0.1, -0.05) is 0 Å². The monoisotopic (exact) mass is 210 g/mol. The third-order valence-electron chi connectivity index (χ3n) is 2.82. The van der Waals surface area contributed by atoms with Crippen LogP contribution in [0.25, 0.3) is 0 Å². The summed E-state index contributed by atoms with van der Waals surface area (Å²) in [7, 11) is 1.78. The van der Waals surface area contributed by atoms with Gasteiger partial charge >= 0.3 is 0 Å². The second-order valence-electron chi connectivity index (χ2n) is 3.81. The fourth-order valence-electron chi connectivity index (χ4n) is 1.99. The van der Waals surface area contributed by atoms with Gasteiger partial charge < -0.3 is 4.90 Å². The van der Waals surface area contributed by atoms with Crippen molar-refractivity contribution in [3.8, 4) is 0 Å². The normalized spacial score (nSPS) is 21.1. The lowest BCUT2D eigenvalue weighted by Gasteiger charge is -2.21. The Kier molecular flexibility index (Phi) is 2.42. The van der Waals surface area contributed by atoms with Gasteiger partial charge in [0.05, 0.1) is 11.9 Å². The molecular weight excluding hydrogens is 198 g/mol. The zero-order chi connectivity index (χ0) is 11.0. The second-order valence-corrected chi connectivity index (χ2v) is 3.81. The van der Waals surface area contributed by atoms with Crippen molar-refractivity contribution in [2.45, 2.75) is 18.9 Å². The minimum absolute atomic E-state index is 0.0669. The summed E-state index contributed by atoms with van der Waals surface area (Å²) in [5.41, 5.74) is 0.609. The first-order chi connectivity index (χ1) is 7.08. The molecule has 1 saturated heterocycles. The van der Waals surface area contributed by atoms with Crippen molar-refractivity contribution in [1.82, 2.24) is 4.90 Å². The fraction of sp³-hybridized carbons (Fsp3) is 0.364.